The van der Waals surface area contributed by atoms with E-state index in [4.69, 9.17) is 5.41 Å². The highest BCUT2D eigenvalue weighted by Gasteiger charge is 2.29. The van der Waals surface area contributed by atoms with Crippen LogP contribution in [0.3, 0.4) is 0 Å². The van der Waals surface area contributed by atoms with Crippen molar-refractivity contribution in [1.82, 2.24) is 0 Å². The molecular weight excluding hydrogens is 484 g/mol. The molecule has 0 amide bonds. The van der Waals surface area contributed by atoms with E-state index in [9.17, 15) is 14.4 Å². The Kier molecular flexibility index (Phi) is 11.6. The standard InChI is InChI=1S/C34H42N2O3/c1-4-24(3)32(38)20-21-36-31-19-17-25(22-26(31)5-2)16-18-29(37)23-30(35)33(27-12-8-6-9-13-27)34(39)28-14-10-7-11-15-28/h6,8-9,12-14,17,19,22,33,35-36H,3-5,7,10-11,15-16,18,20-21,23H2,1-2H3/t33-/m1/s1. The van der Waals surface area contributed by atoms with Gasteiger partial charge in [0.2, 0.25) is 0 Å². The van der Waals surface area contributed by atoms with Gasteiger partial charge < -0.3 is 10.7 Å². The predicted octanol–water partition coefficient (Wildman–Crippen LogP) is 7.35. The Labute approximate surface area is 233 Å². The van der Waals surface area contributed by atoms with Crippen molar-refractivity contribution in [2.75, 3.05) is 11.9 Å². The normalized spacial score (nSPS) is 13.7. The molecule has 0 saturated heterocycles. The molecule has 5 heteroatoms. The average Bonchev–Trinajstić information content (AvgIpc) is 2.97. The maximum Gasteiger partial charge on any atom is 0.171 e. The van der Waals surface area contributed by atoms with Gasteiger partial charge in [0.1, 0.15) is 5.78 Å². The number of ketones is 3. The molecule has 1 aliphatic carbocycles. The van der Waals surface area contributed by atoms with Crippen molar-refractivity contribution in [2.45, 2.75) is 84.0 Å². The molecule has 0 fully saturated rings. The van der Waals surface area contributed by atoms with Gasteiger partial charge in [-0.3, -0.25) is 14.4 Å². The highest BCUT2D eigenvalue weighted by molar-refractivity contribution is 6.19. The number of allylic oxidation sites excluding steroid dienone is 3. The van der Waals surface area contributed by atoms with Crippen LogP contribution in [0.1, 0.15) is 87.8 Å². The summed E-state index contributed by atoms with van der Waals surface area (Å²) >= 11 is 0. The van der Waals surface area contributed by atoms with Crippen LogP contribution in [0.4, 0.5) is 5.69 Å². The summed E-state index contributed by atoms with van der Waals surface area (Å²) in [5, 5.41) is 12.1. The van der Waals surface area contributed by atoms with Gasteiger partial charge in [0.15, 0.2) is 11.6 Å². The fourth-order valence-electron chi connectivity index (χ4n) is 5.04. The zero-order valence-corrected chi connectivity index (χ0v) is 23.5. The Hall–Kier alpha value is -3.60. The number of rotatable bonds is 16. The van der Waals surface area contributed by atoms with Crippen LogP contribution in [-0.2, 0) is 27.2 Å². The Morgan fingerprint density at radius 1 is 1.03 bits per heavy atom. The van der Waals surface area contributed by atoms with E-state index in [-0.39, 0.29) is 29.5 Å². The molecule has 5 nitrogen and oxygen atoms in total. The SMILES string of the molecule is C=C(CC)C(=O)CCNc1ccc(CCC(=O)CC(=N)[C@H](C(=O)C2=CCCCC2)c2ccccc2)cc1CC. The Bertz CT molecular complexity index is 1230. The molecule has 0 radical (unpaired) electrons. The summed E-state index contributed by atoms with van der Waals surface area (Å²) in [7, 11) is 0. The number of nitrogens with one attached hydrogen (secondary N) is 2. The molecule has 3 rings (SSSR count). The van der Waals surface area contributed by atoms with E-state index in [2.05, 4.69) is 24.9 Å². The van der Waals surface area contributed by atoms with Crippen LogP contribution in [0.2, 0.25) is 0 Å². The molecule has 0 heterocycles. The third-order valence-corrected chi connectivity index (χ3v) is 7.47. The van der Waals surface area contributed by atoms with Crippen LogP contribution < -0.4 is 5.32 Å². The van der Waals surface area contributed by atoms with E-state index in [0.717, 1.165) is 60.1 Å². The summed E-state index contributed by atoms with van der Waals surface area (Å²) in [5.74, 6) is -0.662. The summed E-state index contributed by atoms with van der Waals surface area (Å²) in [6.45, 7) is 8.40. The van der Waals surface area contributed by atoms with E-state index in [1.165, 1.54) is 0 Å². The van der Waals surface area contributed by atoms with Gasteiger partial charge in [0.05, 0.1) is 5.92 Å². The highest BCUT2D eigenvalue weighted by atomic mass is 16.1. The second kappa shape index (κ2) is 15.1. The number of benzene rings is 2. The third-order valence-electron chi connectivity index (χ3n) is 7.47. The minimum Gasteiger partial charge on any atom is -0.384 e. The molecular formula is C34H42N2O3. The second-order valence-corrected chi connectivity index (χ2v) is 10.3. The molecule has 2 aromatic rings. The Morgan fingerprint density at radius 3 is 2.46 bits per heavy atom. The van der Waals surface area contributed by atoms with Gasteiger partial charge in [0.25, 0.3) is 0 Å². The Balaban J connectivity index is 1.59. The summed E-state index contributed by atoms with van der Waals surface area (Å²) < 4.78 is 0. The quantitative estimate of drug-likeness (QED) is 0.177. The van der Waals surface area contributed by atoms with Crippen molar-refractivity contribution in [3.63, 3.8) is 0 Å². The number of carbonyl (C=O) groups is 3. The first-order valence-corrected chi connectivity index (χ1v) is 14.3. The average molecular weight is 527 g/mol. The lowest BCUT2D eigenvalue weighted by molar-refractivity contribution is -0.118. The number of hydrogen-bond acceptors (Lipinski definition) is 5. The van der Waals surface area contributed by atoms with Crippen molar-refractivity contribution in [2.24, 2.45) is 0 Å². The van der Waals surface area contributed by atoms with Crippen LogP contribution in [0, 0.1) is 5.41 Å². The molecule has 1 aliphatic rings. The van der Waals surface area contributed by atoms with Crippen molar-refractivity contribution in [3.05, 3.63) is 89.0 Å². The lowest BCUT2D eigenvalue weighted by Crippen LogP contribution is -2.25. The van der Waals surface area contributed by atoms with E-state index >= 15 is 0 Å². The van der Waals surface area contributed by atoms with Crippen LogP contribution in [-0.4, -0.2) is 29.6 Å². The van der Waals surface area contributed by atoms with Crippen LogP contribution >= 0.6 is 0 Å². The smallest absolute Gasteiger partial charge is 0.171 e. The lowest BCUT2D eigenvalue weighted by Gasteiger charge is -2.21. The highest BCUT2D eigenvalue weighted by Crippen LogP contribution is 2.28. The lowest BCUT2D eigenvalue weighted by atomic mass is 9.81. The summed E-state index contributed by atoms with van der Waals surface area (Å²) in [6, 6.07) is 15.5. The molecule has 0 bridgehead atoms. The van der Waals surface area contributed by atoms with Crippen molar-refractivity contribution in [3.8, 4) is 0 Å². The minimum atomic E-state index is -0.696. The maximum absolute atomic E-state index is 13.4. The van der Waals surface area contributed by atoms with Gasteiger partial charge in [-0.1, -0.05) is 69.0 Å². The Morgan fingerprint density at radius 2 is 1.79 bits per heavy atom. The molecule has 206 valence electrons. The number of hydrogen-bond donors (Lipinski definition) is 2. The fourth-order valence-corrected chi connectivity index (χ4v) is 5.04. The van der Waals surface area contributed by atoms with Crippen molar-refractivity contribution < 1.29 is 14.4 Å². The van der Waals surface area contributed by atoms with Crippen molar-refractivity contribution >= 4 is 28.7 Å². The third kappa shape index (κ3) is 8.71. The molecule has 0 saturated carbocycles. The summed E-state index contributed by atoms with van der Waals surface area (Å²) in [4.78, 5) is 38.4. The summed E-state index contributed by atoms with van der Waals surface area (Å²) in [6.07, 6.45) is 8.56. The van der Waals surface area contributed by atoms with Crippen molar-refractivity contribution in [1.29, 1.82) is 5.41 Å². The van der Waals surface area contributed by atoms with E-state index in [1.807, 2.05) is 55.5 Å². The maximum atomic E-state index is 13.4. The number of carbonyl (C=O) groups excluding carboxylic acids is 3. The molecule has 39 heavy (non-hydrogen) atoms. The monoisotopic (exact) mass is 526 g/mol. The number of anilines is 1. The minimum absolute atomic E-state index is 0.0179. The van der Waals surface area contributed by atoms with Gasteiger partial charge in [-0.05, 0) is 78.8 Å². The molecule has 2 N–H and O–H groups in total. The van der Waals surface area contributed by atoms with E-state index < -0.39 is 5.92 Å². The second-order valence-electron chi connectivity index (χ2n) is 10.3. The predicted molar refractivity (Wildman–Crippen MR) is 160 cm³/mol. The zero-order chi connectivity index (χ0) is 28.2. The number of Topliss-reactive ketones (excluding diaryl/α,β-unsaturated/α-hetero) is 3. The molecule has 0 spiro atoms. The largest absolute Gasteiger partial charge is 0.384 e. The zero-order valence-electron chi connectivity index (χ0n) is 23.5. The number of aryl methyl sites for hydroxylation is 2. The van der Waals surface area contributed by atoms with E-state index in [0.29, 0.717) is 37.8 Å². The van der Waals surface area contributed by atoms with E-state index in [1.54, 1.807) is 0 Å². The van der Waals surface area contributed by atoms with Gasteiger partial charge in [-0.2, -0.15) is 0 Å². The molecule has 1 atom stereocenters. The molecule has 0 aromatic heterocycles. The van der Waals surface area contributed by atoms with Crippen LogP contribution in [0.25, 0.3) is 0 Å². The van der Waals surface area contributed by atoms with Gasteiger partial charge >= 0.3 is 0 Å². The molecule has 0 unspecified atom stereocenters. The first-order valence-electron chi connectivity index (χ1n) is 14.3. The van der Waals surface area contributed by atoms with Crippen LogP contribution in [0.5, 0.6) is 0 Å². The molecule has 2 aromatic carbocycles. The fraction of sp³-hybridized carbons (Fsp3) is 0.412. The van der Waals surface area contributed by atoms with Gasteiger partial charge in [-0.25, -0.2) is 0 Å². The molecule has 0 aliphatic heterocycles. The summed E-state index contributed by atoms with van der Waals surface area (Å²) in [5.41, 5.74) is 5.63. The van der Waals surface area contributed by atoms with Crippen LogP contribution in [0.15, 0.2) is 72.3 Å². The van der Waals surface area contributed by atoms with Gasteiger partial charge in [0, 0.05) is 37.2 Å². The topological polar surface area (TPSA) is 87.1 Å². The van der Waals surface area contributed by atoms with Gasteiger partial charge in [-0.15, -0.1) is 0 Å². The first-order chi connectivity index (χ1) is 18.8. The first kappa shape index (κ1) is 29.9.